The standard InChI is InChI=1S/C12H16FNO/c1-9-7-11(8-12(13)10(9)2)14-3-5-15-6-4-14/h7-8H,3-6H2,1-2H3. The van der Waals surface area contributed by atoms with Gasteiger partial charge in [0.05, 0.1) is 13.2 Å². The Kier molecular flexibility index (Phi) is 2.91. The van der Waals surface area contributed by atoms with Crippen LogP contribution in [-0.4, -0.2) is 26.3 Å². The van der Waals surface area contributed by atoms with Crippen molar-refractivity contribution in [1.82, 2.24) is 0 Å². The predicted octanol–water partition coefficient (Wildman–Crippen LogP) is 2.28. The average molecular weight is 209 g/mol. The van der Waals surface area contributed by atoms with Crippen LogP contribution in [0.2, 0.25) is 0 Å². The number of hydrogen-bond acceptors (Lipinski definition) is 2. The number of rotatable bonds is 1. The zero-order valence-corrected chi connectivity index (χ0v) is 9.22. The summed E-state index contributed by atoms with van der Waals surface area (Å²) in [6.07, 6.45) is 0. The number of anilines is 1. The second kappa shape index (κ2) is 4.19. The van der Waals surface area contributed by atoms with Gasteiger partial charge in [0.1, 0.15) is 5.82 Å². The van der Waals surface area contributed by atoms with Crippen LogP contribution in [0.25, 0.3) is 0 Å². The van der Waals surface area contributed by atoms with Gasteiger partial charge < -0.3 is 9.64 Å². The van der Waals surface area contributed by atoms with E-state index in [0.29, 0.717) is 0 Å². The largest absolute Gasteiger partial charge is 0.378 e. The summed E-state index contributed by atoms with van der Waals surface area (Å²) in [6, 6.07) is 3.66. The number of ether oxygens (including phenoxy) is 1. The Morgan fingerprint density at radius 1 is 1.20 bits per heavy atom. The molecule has 1 saturated heterocycles. The van der Waals surface area contributed by atoms with Gasteiger partial charge in [0.2, 0.25) is 0 Å². The maximum Gasteiger partial charge on any atom is 0.128 e. The van der Waals surface area contributed by atoms with Gasteiger partial charge >= 0.3 is 0 Å². The molecule has 1 aromatic carbocycles. The molecule has 2 rings (SSSR count). The molecule has 2 nitrogen and oxygen atoms in total. The molecular weight excluding hydrogens is 193 g/mol. The summed E-state index contributed by atoms with van der Waals surface area (Å²) >= 11 is 0. The Morgan fingerprint density at radius 2 is 1.87 bits per heavy atom. The zero-order chi connectivity index (χ0) is 10.8. The van der Waals surface area contributed by atoms with E-state index in [1.54, 1.807) is 6.07 Å². The van der Waals surface area contributed by atoms with Crippen LogP contribution in [0, 0.1) is 19.7 Å². The van der Waals surface area contributed by atoms with Crippen molar-refractivity contribution in [3.63, 3.8) is 0 Å². The normalized spacial score (nSPS) is 16.9. The van der Waals surface area contributed by atoms with Crippen molar-refractivity contribution >= 4 is 5.69 Å². The van der Waals surface area contributed by atoms with E-state index in [4.69, 9.17) is 4.74 Å². The maximum absolute atomic E-state index is 13.5. The molecule has 0 N–H and O–H groups in total. The van der Waals surface area contributed by atoms with E-state index < -0.39 is 0 Å². The number of benzene rings is 1. The molecule has 0 spiro atoms. The van der Waals surface area contributed by atoms with E-state index in [0.717, 1.165) is 43.1 Å². The van der Waals surface area contributed by atoms with Gasteiger partial charge in [-0.05, 0) is 37.1 Å². The fraction of sp³-hybridized carbons (Fsp3) is 0.500. The molecule has 1 aliphatic heterocycles. The van der Waals surface area contributed by atoms with Gasteiger partial charge in [0.25, 0.3) is 0 Å². The Balaban J connectivity index is 2.27. The van der Waals surface area contributed by atoms with Gasteiger partial charge in [-0.3, -0.25) is 0 Å². The van der Waals surface area contributed by atoms with Crippen LogP contribution in [0.4, 0.5) is 10.1 Å². The molecule has 3 heteroatoms. The number of hydrogen-bond donors (Lipinski definition) is 0. The molecule has 0 amide bonds. The molecule has 0 atom stereocenters. The fourth-order valence-corrected chi connectivity index (χ4v) is 1.80. The van der Waals surface area contributed by atoms with Crippen molar-refractivity contribution in [3.8, 4) is 0 Å². The molecule has 1 fully saturated rings. The third kappa shape index (κ3) is 2.12. The molecule has 0 saturated carbocycles. The third-order valence-corrected chi connectivity index (χ3v) is 2.96. The van der Waals surface area contributed by atoms with Crippen LogP contribution in [0.1, 0.15) is 11.1 Å². The van der Waals surface area contributed by atoms with Crippen molar-refractivity contribution in [2.45, 2.75) is 13.8 Å². The summed E-state index contributed by atoms with van der Waals surface area (Å²) < 4.78 is 18.8. The van der Waals surface area contributed by atoms with E-state index in [1.165, 1.54) is 0 Å². The van der Waals surface area contributed by atoms with E-state index in [9.17, 15) is 4.39 Å². The minimum Gasteiger partial charge on any atom is -0.378 e. The van der Waals surface area contributed by atoms with E-state index >= 15 is 0 Å². The number of aryl methyl sites for hydroxylation is 1. The monoisotopic (exact) mass is 209 g/mol. The Morgan fingerprint density at radius 3 is 2.47 bits per heavy atom. The van der Waals surface area contributed by atoms with Crippen LogP contribution >= 0.6 is 0 Å². The molecule has 1 aromatic rings. The van der Waals surface area contributed by atoms with E-state index in [2.05, 4.69) is 4.90 Å². The first-order chi connectivity index (χ1) is 7.18. The first kappa shape index (κ1) is 10.4. The summed E-state index contributed by atoms with van der Waals surface area (Å²) in [4.78, 5) is 2.17. The minimum absolute atomic E-state index is 0.114. The summed E-state index contributed by atoms with van der Waals surface area (Å²) in [5, 5.41) is 0. The van der Waals surface area contributed by atoms with Gasteiger partial charge in [-0.1, -0.05) is 0 Å². The van der Waals surface area contributed by atoms with Gasteiger partial charge in [-0.15, -0.1) is 0 Å². The molecule has 82 valence electrons. The van der Waals surface area contributed by atoms with E-state index in [-0.39, 0.29) is 5.82 Å². The molecule has 1 aliphatic rings. The SMILES string of the molecule is Cc1cc(N2CCOCC2)cc(F)c1C. The molecule has 0 aromatic heterocycles. The quantitative estimate of drug-likeness (QED) is 0.703. The highest BCUT2D eigenvalue weighted by Gasteiger charge is 2.13. The lowest BCUT2D eigenvalue weighted by Gasteiger charge is -2.29. The molecular formula is C12H16FNO. The van der Waals surface area contributed by atoms with Crippen LogP contribution in [0.15, 0.2) is 12.1 Å². The molecule has 1 heterocycles. The van der Waals surface area contributed by atoms with Gasteiger partial charge in [0.15, 0.2) is 0 Å². The molecule has 15 heavy (non-hydrogen) atoms. The lowest BCUT2D eigenvalue weighted by Crippen LogP contribution is -2.36. The summed E-state index contributed by atoms with van der Waals surface area (Å²) in [6.45, 7) is 6.92. The highest BCUT2D eigenvalue weighted by atomic mass is 19.1. The third-order valence-electron chi connectivity index (χ3n) is 2.96. The number of halogens is 1. The average Bonchev–Trinajstić information content (AvgIpc) is 2.26. The minimum atomic E-state index is -0.114. The lowest BCUT2D eigenvalue weighted by molar-refractivity contribution is 0.122. The van der Waals surface area contributed by atoms with Gasteiger partial charge in [-0.25, -0.2) is 4.39 Å². The first-order valence-electron chi connectivity index (χ1n) is 5.28. The number of nitrogens with zero attached hydrogens (tertiary/aromatic N) is 1. The van der Waals surface area contributed by atoms with Crippen LogP contribution in [0.3, 0.4) is 0 Å². The van der Waals surface area contributed by atoms with Gasteiger partial charge in [0, 0.05) is 18.8 Å². The van der Waals surface area contributed by atoms with Crippen molar-refractivity contribution < 1.29 is 9.13 Å². The van der Waals surface area contributed by atoms with Crippen molar-refractivity contribution in [1.29, 1.82) is 0 Å². The van der Waals surface area contributed by atoms with Crippen molar-refractivity contribution in [3.05, 3.63) is 29.1 Å². The summed E-state index contributed by atoms with van der Waals surface area (Å²) in [5.41, 5.74) is 2.72. The highest BCUT2D eigenvalue weighted by molar-refractivity contribution is 5.51. The molecule has 0 radical (unpaired) electrons. The van der Waals surface area contributed by atoms with Crippen LogP contribution < -0.4 is 4.90 Å². The smallest absolute Gasteiger partial charge is 0.128 e. The van der Waals surface area contributed by atoms with Gasteiger partial charge in [-0.2, -0.15) is 0 Å². The predicted molar refractivity (Wildman–Crippen MR) is 58.9 cm³/mol. The summed E-state index contributed by atoms with van der Waals surface area (Å²) in [7, 11) is 0. The van der Waals surface area contributed by atoms with Crippen LogP contribution in [0.5, 0.6) is 0 Å². The first-order valence-corrected chi connectivity index (χ1v) is 5.28. The second-order valence-electron chi connectivity index (χ2n) is 3.97. The van der Waals surface area contributed by atoms with Crippen LogP contribution in [-0.2, 0) is 4.74 Å². The van der Waals surface area contributed by atoms with E-state index in [1.807, 2.05) is 19.9 Å². The molecule has 0 unspecified atom stereocenters. The topological polar surface area (TPSA) is 12.5 Å². The number of morpholine rings is 1. The Bertz CT molecular complexity index is 336. The fourth-order valence-electron chi connectivity index (χ4n) is 1.80. The molecule has 0 aliphatic carbocycles. The Labute approximate surface area is 89.7 Å². The Hall–Kier alpha value is -1.09. The summed E-state index contributed by atoms with van der Waals surface area (Å²) in [5.74, 6) is -0.114. The highest BCUT2D eigenvalue weighted by Crippen LogP contribution is 2.22. The van der Waals surface area contributed by atoms with Crippen molar-refractivity contribution in [2.75, 3.05) is 31.2 Å². The maximum atomic E-state index is 13.5. The molecule has 0 bridgehead atoms. The lowest BCUT2D eigenvalue weighted by atomic mass is 10.1. The second-order valence-corrected chi connectivity index (χ2v) is 3.97. The van der Waals surface area contributed by atoms with Crippen molar-refractivity contribution in [2.24, 2.45) is 0 Å². The zero-order valence-electron chi connectivity index (χ0n) is 9.22.